The number of nitrogens with two attached hydrogens (primary N) is 1. The molecule has 1 aromatic heterocycles. The summed E-state index contributed by atoms with van der Waals surface area (Å²) in [7, 11) is 0. The van der Waals surface area contributed by atoms with Gasteiger partial charge in [0, 0.05) is 4.90 Å². The molecule has 0 saturated heterocycles. The van der Waals surface area contributed by atoms with Gasteiger partial charge in [0.2, 0.25) is 0 Å². The molecule has 4 nitrogen and oxygen atoms in total. The number of rotatable bonds is 3. The maximum Gasteiger partial charge on any atom is 0.188 e. The van der Waals surface area contributed by atoms with Crippen molar-refractivity contribution in [2.24, 2.45) is 10.9 Å². The standard InChI is InChI=1S/C16H19N3OS/c1-16(2,3)11-7-9-12(10-8-11)21-14-6-4-5-13(18-14)15(17)19-20/h4-10,20H,1-3H3,(H2,17,19). The fourth-order valence-electron chi connectivity index (χ4n) is 1.81. The minimum atomic E-state index is 0.0144. The zero-order chi connectivity index (χ0) is 15.5. The molecule has 5 heteroatoms. The summed E-state index contributed by atoms with van der Waals surface area (Å²) in [6.07, 6.45) is 0. The number of hydrogen-bond donors (Lipinski definition) is 2. The first-order valence-corrected chi connectivity index (χ1v) is 7.45. The summed E-state index contributed by atoms with van der Waals surface area (Å²) >= 11 is 1.55. The lowest BCUT2D eigenvalue weighted by molar-refractivity contribution is 0.318. The summed E-state index contributed by atoms with van der Waals surface area (Å²) in [4.78, 5) is 5.46. The van der Waals surface area contributed by atoms with Gasteiger partial charge in [-0.05, 0) is 35.2 Å². The van der Waals surface area contributed by atoms with E-state index >= 15 is 0 Å². The Morgan fingerprint density at radius 2 is 1.81 bits per heavy atom. The van der Waals surface area contributed by atoms with Gasteiger partial charge in [-0.15, -0.1) is 0 Å². The molecule has 2 aromatic rings. The van der Waals surface area contributed by atoms with Gasteiger partial charge in [-0.25, -0.2) is 4.98 Å². The van der Waals surface area contributed by atoms with Crippen molar-refractivity contribution in [3.05, 3.63) is 53.7 Å². The second-order valence-corrected chi connectivity index (χ2v) is 6.82. The van der Waals surface area contributed by atoms with Crippen LogP contribution in [-0.2, 0) is 5.41 Å². The van der Waals surface area contributed by atoms with E-state index in [2.05, 4.69) is 55.2 Å². The molecule has 21 heavy (non-hydrogen) atoms. The monoisotopic (exact) mass is 301 g/mol. The highest BCUT2D eigenvalue weighted by Gasteiger charge is 2.13. The van der Waals surface area contributed by atoms with E-state index < -0.39 is 0 Å². The predicted octanol–water partition coefficient (Wildman–Crippen LogP) is 3.62. The van der Waals surface area contributed by atoms with Crippen LogP contribution < -0.4 is 5.73 Å². The molecule has 2 rings (SSSR count). The van der Waals surface area contributed by atoms with Crippen LogP contribution in [0.4, 0.5) is 0 Å². The number of aromatic nitrogens is 1. The molecular formula is C16H19N3OS. The normalized spacial score (nSPS) is 12.4. The minimum Gasteiger partial charge on any atom is -0.409 e. The van der Waals surface area contributed by atoms with E-state index in [1.54, 1.807) is 17.8 Å². The van der Waals surface area contributed by atoms with Gasteiger partial charge in [-0.2, -0.15) is 0 Å². The number of nitrogens with zero attached hydrogens (tertiary/aromatic N) is 2. The van der Waals surface area contributed by atoms with Crippen LogP contribution >= 0.6 is 11.8 Å². The van der Waals surface area contributed by atoms with E-state index in [4.69, 9.17) is 10.9 Å². The Morgan fingerprint density at radius 1 is 1.14 bits per heavy atom. The van der Waals surface area contributed by atoms with Gasteiger partial charge in [0.15, 0.2) is 5.84 Å². The smallest absolute Gasteiger partial charge is 0.188 e. The SMILES string of the molecule is CC(C)(C)c1ccc(Sc2cccc(C(N)=NO)n2)cc1. The zero-order valence-corrected chi connectivity index (χ0v) is 13.2. The lowest BCUT2D eigenvalue weighted by Crippen LogP contribution is -2.14. The highest BCUT2D eigenvalue weighted by molar-refractivity contribution is 7.99. The molecular weight excluding hydrogens is 282 g/mol. The Balaban J connectivity index is 2.19. The topological polar surface area (TPSA) is 71.5 Å². The average Bonchev–Trinajstić information content (AvgIpc) is 2.46. The van der Waals surface area contributed by atoms with Gasteiger partial charge in [0.25, 0.3) is 0 Å². The average molecular weight is 301 g/mol. The Bertz CT molecular complexity index is 645. The van der Waals surface area contributed by atoms with E-state index in [1.807, 2.05) is 12.1 Å². The Kier molecular flexibility index (Phi) is 4.53. The van der Waals surface area contributed by atoms with Crippen LogP contribution in [0, 0.1) is 0 Å². The molecule has 0 saturated carbocycles. The van der Waals surface area contributed by atoms with Gasteiger partial charge >= 0.3 is 0 Å². The second kappa shape index (κ2) is 6.18. The summed E-state index contributed by atoms with van der Waals surface area (Å²) in [5, 5.41) is 12.5. The lowest BCUT2D eigenvalue weighted by atomic mass is 9.87. The van der Waals surface area contributed by atoms with Crippen LogP contribution in [0.2, 0.25) is 0 Å². The molecule has 110 valence electrons. The van der Waals surface area contributed by atoms with E-state index in [0.29, 0.717) is 5.69 Å². The number of benzene rings is 1. The molecule has 0 bridgehead atoms. The first-order valence-electron chi connectivity index (χ1n) is 6.63. The van der Waals surface area contributed by atoms with Gasteiger partial charge in [-0.1, -0.05) is 55.9 Å². The second-order valence-electron chi connectivity index (χ2n) is 5.72. The number of amidine groups is 1. The van der Waals surface area contributed by atoms with Crippen molar-refractivity contribution in [1.29, 1.82) is 0 Å². The van der Waals surface area contributed by atoms with E-state index in [9.17, 15) is 0 Å². The van der Waals surface area contributed by atoms with Crippen LogP contribution in [-0.4, -0.2) is 16.0 Å². The Hall–Kier alpha value is -2.01. The molecule has 0 atom stereocenters. The first-order chi connectivity index (χ1) is 9.90. The van der Waals surface area contributed by atoms with Gasteiger partial charge in [0.05, 0.1) is 0 Å². The zero-order valence-electron chi connectivity index (χ0n) is 12.4. The van der Waals surface area contributed by atoms with Crippen LogP contribution in [0.5, 0.6) is 0 Å². The van der Waals surface area contributed by atoms with Crippen molar-refractivity contribution in [2.75, 3.05) is 0 Å². The molecule has 0 unspecified atom stereocenters. The molecule has 0 aliphatic rings. The highest BCUT2D eigenvalue weighted by Crippen LogP contribution is 2.29. The number of hydrogen-bond acceptors (Lipinski definition) is 4. The summed E-state index contributed by atoms with van der Waals surface area (Å²) < 4.78 is 0. The van der Waals surface area contributed by atoms with Crippen LogP contribution in [0.15, 0.2) is 57.5 Å². The van der Waals surface area contributed by atoms with E-state index in [1.165, 1.54) is 5.56 Å². The number of oxime groups is 1. The summed E-state index contributed by atoms with van der Waals surface area (Å²) in [5.74, 6) is 0.0144. The fourth-order valence-corrected chi connectivity index (χ4v) is 2.61. The van der Waals surface area contributed by atoms with Crippen molar-refractivity contribution < 1.29 is 5.21 Å². The van der Waals surface area contributed by atoms with Crippen LogP contribution in [0.25, 0.3) is 0 Å². The van der Waals surface area contributed by atoms with Gasteiger partial charge < -0.3 is 10.9 Å². The highest BCUT2D eigenvalue weighted by atomic mass is 32.2. The summed E-state index contributed by atoms with van der Waals surface area (Å²) in [6, 6.07) is 13.9. The molecule has 0 radical (unpaired) electrons. The third-order valence-electron chi connectivity index (χ3n) is 3.04. The van der Waals surface area contributed by atoms with Crippen molar-refractivity contribution in [3.8, 4) is 0 Å². The van der Waals surface area contributed by atoms with Crippen molar-refractivity contribution in [1.82, 2.24) is 4.98 Å². The van der Waals surface area contributed by atoms with E-state index in [-0.39, 0.29) is 11.3 Å². The molecule has 0 fully saturated rings. The Labute approximate surface area is 129 Å². The van der Waals surface area contributed by atoms with Gasteiger partial charge in [0.1, 0.15) is 10.7 Å². The minimum absolute atomic E-state index is 0.0144. The van der Waals surface area contributed by atoms with E-state index in [0.717, 1.165) is 9.92 Å². The number of pyridine rings is 1. The van der Waals surface area contributed by atoms with Crippen molar-refractivity contribution >= 4 is 17.6 Å². The molecule has 0 spiro atoms. The molecule has 1 heterocycles. The molecule has 1 aromatic carbocycles. The quantitative estimate of drug-likeness (QED) is 0.393. The Morgan fingerprint density at radius 3 is 2.38 bits per heavy atom. The van der Waals surface area contributed by atoms with Crippen molar-refractivity contribution in [2.45, 2.75) is 36.1 Å². The van der Waals surface area contributed by atoms with Crippen LogP contribution in [0.1, 0.15) is 32.0 Å². The molecule has 3 N–H and O–H groups in total. The lowest BCUT2D eigenvalue weighted by Gasteiger charge is -2.19. The van der Waals surface area contributed by atoms with Crippen molar-refractivity contribution in [3.63, 3.8) is 0 Å². The maximum absolute atomic E-state index is 8.69. The predicted molar refractivity (Wildman–Crippen MR) is 86.0 cm³/mol. The first kappa shape index (κ1) is 15.4. The largest absolute Gasteiger partial charge is 0.409 e. The summed E-state index contributed by atoms with van der Waals surface area (Å²) in [6.45, 7) is 6.57. The fraction of sp³-hybridized carbons (Fsp3) is 0.250. The third kappa shape index (κ3) is 3.98. The third-order valence-corrected chi connectivity index (χ3v) is 3.98. The molecule has 0 aliphatic heterocycles. The maximum atomic E-state index is 8.69. The molecule has 0 amide bonds. The van der Waals surface area contributed by atoms with Crippen LogP contribution in [0.3, 0.4) is 0 Å². The molecule has 0 aliphatic carbocycles. The summed E-state index contributed by atoms with van der Waals surface area (Å²) in [5.41, 5.74) is 7.46. The van der Waals surface area contributed by atoms with Gasteiger partial charge in [-0.3, -0.25) is 0 Å².